The molecule has 5 heteroatoms. The second-order valence-corrected chi connectivity index (χ2v) is 5.99. The van der Waals surface area contributed by atoms with Gasteiger partial charge in [0.2, 0.25) is 5.43 Å². The van der Waals surface area contributed by atoms with Crippen molar-refractivity contribution in [1.29, 1.82) is 0 Å². The van der Waals surface area contributed by atoms with E-state index >= 15 is 0 Å². The Morgan fingerprint density at radius 1 is 1.17 bits per heavy atom. The Labute approximate surface area is 144 Å². The molecule has 1 N–H and O–H groups in total. The summed E-state index contributed by atoms with van der Waals surface area (Å²) in [6, 6.07) is 12.7. The molecule has 0 aliphatic carbocycles. The summed E-state index contributed by atoms with van der Waals surface area (Å²) in [5.41, 5.74) is 2.13. The number of aromatic nitrogens is 1. The molecule has 0 bridgehead atoms. The molecule has 3 aromatic rings. The van der Waals surface area contributed by atoms with Gasteiger partial charge in [0.15, 0.2) is 0 Å². The topological polar surface area (TPSA) is 51.1 Å². The zero-order valence-corrected chi connectivity index (χ0v) is 14.2. The van der Waals surface area contributed by atoms with Crippen molar-refractivity contribution in [2.45, 2.75) is 13.3 Å². The molecule has 0 aliphatic rings. The Balaban J connectivity index is 2.08. The first kappa shape index (κ1) is 16.3. The molecule has 0 fully saturated rings. The molecule has 0 saturated heterocycles. The van der Waals surface area contributed by atoms with Crippen LogP contribution in [0.4, 0.5) is 5.69 Å². The van der Waals surface area contributed by atoms with E-state index < -0.39 is 5.91 Å². The standard InChI is InChI=1S/C19H17ClN2O2/c1-3-12-7-4-5-10-16(12)21-19(24)14-11-22(2)17-13(18(14)23)8-6-9-15(17)20/h4-11H,3H2,1-2H3,(H,21,24). The van der Waals surface area contributed by atoms with Gasteiger partial charge in [-0.05, 0) is 30.2 Å². The fraction of sp³-hybridized carbons (Fsp3) is 0.158. The highest BCUT2D eigenvalue weighted by Gasteiger charge is 2.16. The normalized spacial score (nSPS) is 10.8. The summed E-state index contributed by atoms with van der Waals surface area (Å²) in [5, 5.41) is 3.75. The predicted molar refractivity (Wildman–Crippen MR) is 98.0 cm³/mol. The Hall–Kier alpha value is -2.59. The van der Waals surface area contributed by atoms with Crippen LogP contribution in [-0.2, 0) is 13.5 Å². The molecule has 1 heterocycles. The third-order valence-electron chi connectivity index (χ3n) is 4.04. The van der Waals surface area contributed by atoms with Crippen LogP contribution in [0.25, 0.3) is 10.9 Å². The molecule has 4 nitrogen and oxygen atoms in total. The number of halogens is 1. The number of rotatable bonds is 3. The number of hydrogen-bond donors (Lipinski definition) is 1. The summed E-state index contributed by atoms with van der Waals surface area (Å²) in [6.07, 6.45) is 2.32. The first-order valence-electron chi connectivity index (χ1n) is 7.70. The van der Waals surface area contributed by atoms with Crippen molar-refractivity contribution in [3.05, 3.63) is 75.0 Å². The monoisotopic (exact) mass is 340 g/mol. The number of aryl methyl sites for hydroxylation is 2. The van der Waals surface area contributed by atoms with Crippen LogP contribution in [0.3, 0.4) is 0 Å². The van der Waals surface area contributed by atoms with E-state index in [9.17, 15) is 9.59 Å². The molecule has 3 rings (SSSR count). The molecule has 0 unspecified atom stereocenters. The van der Waals surface area contributed by atoms with E-state index in [0.29, 0.717) is 15.9 Å². The molecule has 24 heavy (non-hydrogen) atoms. The summed E-state index contributed by atoms with van der Waals surface area (Å²) in [4.78, 5) is 25.3. The summed E-state index contributed by atoms with van der Waals surface area (Å²) in [6.45, 7) is 2.02. The summed E-state index contributed by atoms with van der Waals surface area (Å²) in [5.74, 6) is -0.418. The lowest BCUT2D eigenvalue weighted by molar-refractivity contribution is 0.102. The quantitative estimate of drug-likeness (QED) is 0.783. The molecule has 2 aromatic carbocycles. The first-order valence-corrected chi connectivity index (χ1v) is 8.07. The Bertz CT molecular complexity index is 992. The van der Waals surface area contributed by atoms with Crippen molar-refractivity contribution in [1.82, 2.24) is 4.57 Å². The largest absolute Gasteiger partial charge is 0.348 e. The van der Waals surface area contributed by atoms with Crippen LogP contribution in [0.1, 0.15) is 22.8 Å². The van der Waals surface area contributed by atoms with Gasteiger partial charge in [-0.15, -0.1) is 0 Å². The van der Waals surface area contributed by atoms with Gasteiger partial charge < -0.3 is 9.88 Å². The van der Waals surface area contributed by atoms with Gasteiger partial charge in [-0.1, -0.05) is 42.8 Å². The van der Waals surface area contributed by atoms with Crippen molar-refractivity contribution in [2.75, 3.05) is 5.32 Å². The van der Waals surface area contributed by atoms with Crippen LogP contribution in [0.15, 0.2) is 53.5 Å². The average Bonchev–Trinajstić information content (AvgIpc) is 2.58. The highest BCUT2D eigenvalue weighted by molar-refractivity contribution is 6.35. The van der Waals surface area contributed by atoms with Crippen molar-refractivity contribution in [3.63, 3.8) is 0 Å². The van der Waals surface area contributed by atoms with Crippen molar-refractivity contribution < 1.29 is 4.79 Å². The number of nitrogens with zero attached hydrogens (tertiary/aromatic N) is 1. The number of carbonyl (C=O) groups is 1. The SMILES string of the molecule is CCc1ccccc1NC(=O)c1cn(C)c2c(Cl)cccc2c1=O. The van der Waals surface area contributed by atoms with Crippen molar-refractivity contribution >= 4 is 34.1 Å². The minimum atomic E-state index is -0.418. The van der Waals surface area contributed by atoms with Crippen molar-refractivity contribution in [3.8, 4) is 0 Å². The molecular weight excluding hydrogens is 324 g/mol. The van der Waals surface area contributed by atoms with E-state index in [2.05, 4.69) is 5.32 Å². The fourth-order valence-electron chi connectivity index (χ4n) is 2.82. The lowest BCUT2D eigenvalue weighted by atomic mass is 10.1. The zero-order chi connectivity index (χ0) is 17.3. The lowest BCUT2D eigenvalue weighted by Crippen LogP contribution is -2.24. The molecule has 1 amide bonds. The lowest BCUT2D eigenvalue weighted by Gasteiger charge is -2.12. The van der Waals surface area contributed by atoms with Gasteiger partial charge in [0, 0.05) is 24.3 Å². The number of amides is 1. The average molecular weight is 341 g/mol. The van der Waals surface area contributed by atoms with E-state index in [1.165, 1.54) is 6.20 Å². The van der Waals surface area contributed by atoms with E-state index in [0.717, 1.165) is 17.7 Å². The Kier molecular flexibility index (Phi) is 4.40. The molecule has 0 atom stereocenters. The van der Waals surface area contributed by atoms with Crippen LogP contribution in [-0.4, -0.2) is 10.5 Å². The first-order chi connectivity index (χ1) is 11.5. The number of anilines is 1. The van der Waals surface area contributed by atoms with E-state index in [4.69, 9.17) is 11.6 Å². The van der Waals surface area contributed by atoms with Crippen LogP contribution >= 0.6 is 11.6 Å². The predicted octanol–water partition coefficient (Wildman–Crippen LogP) is 4.01. The number of fused-ring (bicyclic) bond motifs is 1. The van der Waals surface area contributed by atoms with Crippen LogP contribution in [0, 0.1) is 0 Å². The highest BCUT2D eigenvalue weighted by atomic mass is 35.5. The van der Waals surface area contributed by atoms with Crippen LogP contribution < -0.4 is 10.7 Å². The maximum atomic E-state index is 12.7. The Morgan fingerprint density at radius 2 is 1.92 bits per heavy atom. The highest BCUT2D eigenvalue weighted by Crippen LogP contribution is 2.21. The summed E-state index contributed by atoms with van der Waals surface area (Å²) >= 11 is 6.18. The van der Waals surface area contributed by atoms with Crippen LogP contribution in [0.5, 0.6) is 0 Å². The minimum Gasteiger partial charge on any atom is -0.348 e. The molecule has 0 saturated carbocycles. The van der Waals surface area contributed by atoms with Gasteiger partial charge in [-0.2, -0.15) is 0 Å². The number of pyridine rings is 1. The third-order valence-corrected chi connectivity index (χ3v) is 4.35. The minimum absolute atomic E-state index is 0.0955. The van der Waals surface area contributed by atoms with E-state index in [1.807, 2.05) is 31.2 Å². The van der Waals surface area contributed by atoms with Gasteiger partial charge in [-0.3, -0.25) is 9.59 Å². The maximum absolute atomic E-state index is 12.7. The molecule has 0 aliphatic heterocycles. The third kappa shape index (κ3) is 2.81. The smallest absolute Gasteiger partial charge is 0.261 e. The van der Waals surface area contributed by atoms with Gasteiger partial charge in [-0.25, -0.2) is 0 Å². The van der Waals surface area contributed by atoms with E-state index in [1.54, 1.807) is 29.8 Å². The van der Waals surface area contributed by atoms with Gasteiger partial charge in [0.1, 0.15) is 5.56 Å². The van der Waals surface area contributed by atoms with Gasteiger partial charge in [0.25, 0.3) is 5.91 Å². The molecule has 0 radical (unpaired) electrons. The number of carbonyl (C=O) groups excluding carboxylic acids is 1. The number of benzene rings is 2. The zero-order valence-electron chi connectivity index (χ0n) is 13.5. The number of para-hydroxylation sites is 2. The maximum Gasteiger partial charge on any atom is 0.261 e. The number of hydrogen-bond acceptors (Lipinski definition) is 2. The molecule has 0 spiro atoms. The molecule has 1 aromatic heterocycles. The summed E-state index contributed by atoms with van der Waals surface area (Å²) < 4.78 is 1.71. The molecule has 122 valence electrons. The number of nitrogens with one attached hydrogen (secondary N) is 1. The summed E-state index contributed by atoms with van der Waals surface area (Å²) in [7, 11) is 1.77. The van der Waals surface area contributed by atoms with Crippen molar-refractivity contribution in [2.24, 2.45) is 7.05 Å². The van der Waals surface area contributed by atoms with Crippen LogP contribution in [0.2, 0.25) is 5.02 Å². The fourth-order valence-corrected chi connectivity index (χ4v) is 3.13. The van der Waals surface area contributed by atoms with E-state index in [-0.39, 0.29) is 11.0 Å². The second kappa shape index (κ2) is 6.49. The Morgan fingerprint density at radius 3 is 2.67 bits per heavy atom. The second-order valence-electron chi connectivity index (χ2n) is 5.58. The van der Waals surface area contributed by atoms with Gasteiger partial charge in [0.05, 0.1) is 10.5 Å². The molecular formula is C19H17ClN2O2. The van der Waals surface area contributed by atoms with Gasteiger partial charge >= 0.3 is 0 Å².